The van der Waals surface area contributed by atoms with Gasteiger partial charge in [0.1, 0.15) is 5.75 Å². The van der Waals surface area contributed by atoms with Gasteiger partial charge in [-0.05, 0) is 77.4 Å². The number of hydrogen-bond donors (Lipinski definition) is 0. The number of rotatable bonds is 6. The summed E-state index contributed by atoms with van der Waals surface area (Å²) >= 11 is 0. The highest BCUT2D eigenvalue weighted by Crippen LogP contribution is 2.33. The van der Waals surface area contributed by atoms with E-state index in [0.29, 0.717) is 0 Å². The third-order valence-corrected chi connectivity index (χ3v) is 5.07. The lowest BCUT2D eigenvalue weighted by molar-refractivity contribution is 0.309. The highest BCUT2D eigenvalue weighted by molar-refractivity contribution is 5.85. The lowest BCUT2D eigenvalue weighted by atomic mass is 9.85. The molecule has 2 nitrogen and oxygen atoms in total. The van der Waals surface area contributed by atoms with Crippen molar-refractivity contribution < 1.29 is 4.74 Å². The minimum atomic E-state index is 0.775. The van der Waals surface area contributed by atoms with Crippen molar-refractivity contribution in [2.24, 2.45) is 4.99 Å². The van der Waals surface area contributed by atoms with E-state index in [1.54, 1.807) is 0 Å². The van der Waals surface area contributed by atoms with Crippen molar-refractivity contribution in [3.8, 4) is 16.9 Å². The number of aliphatic imine (C=N–C) groups is 1. The first-order chi connectivity index (χ1) is 13.3. The maximum atomic E-state index is 5.70. The second kappa shape index (κ2) is 8.22. The predicted molar refractivity (Wildman–Crippen MR) is 113 cm³/mol. The third-order valence-electron chi connectivity index (χ3n) is 5.07. The lowest BCUT2D eigenvalue weighted by Gasteiger charge is -2.20. The van der Waals surface area contributed by atoms with E-state index >= 15 is 0 Å². The topological polar surface area (TPSA) is 21.6 Å². The van der Waals surface area contributed by atoms with Crippen LogP contribution in [0.15, 0.2) is 71.7 Å². The van der Waals surface area contributed by atoms with E-state index in [2.05, 4.69) is 54.4 Å². The second-order valence-electron chi connectivity index (χ2n) is 7.03. The molecule has 0 aliphatic heterocycles. The Morgan fingerprint density at radius 1 is 0.889 bits per heavy atom. The van der Waals surface area contributed by atoms with Gasteiger partial charge in [-0.1, -0.05) is 49.7 Å². The highest BCUT2D eigenvalue weighted by Gasteiger charge is 2.15. The van der Waals surface area contributed by atoms with Crippen LogP contribution >= 0.6 is 0 Å². The molecular formula is C25H25NO. The first-order valence-electron chi connectivity index (χ1n) is 9.81. The summed E-state index contributed by atoms with van der Waals surface area (Å²) in [6.45, 7) is 2.94. The van der Waals surface area contributed by atoms with Gasteiger partial charge in [-0.25, -0.2) is 0 Å². The standard InChI is InChI=1S/C25H25NO/c1-2-3-16-27-23-13-11-22(12-14-23)26-18-19-8-15-25-21(17-19)10-9-20-6-4-5-7-24(20)25/h4-8,11-15,17-18H,2-3,9-10,16H2,1H3. The fraction of sp³-hybridized carbons (Fsp3) is 0.240. The number of hydrogen-bond acceptors (Lipinski definition) is 2. The largest absolute Gasteiger partial charge is 0.494 e. The lowest BCUT2D eigenvalue weighted by Crippen LogP contribution is -2.04. The van der Waals surface area contributed by atoms with Crippen LogP contribution in [0.5, 0.6) is 5.75 Å². The molecule has 0 atom stereocenters. The monoisotopic (exact) mass is 355 g/mol. The normalized spacial score (nSPS) is 12.6. The van der Waals surface area contributed by atoms with E-state index in [4.69, 9.17) is 4.74 Å². The number of benzene rings is 3. The Bertz CT molecular complexity index is 941. The molecule has 136 valence electrons. The average molecular weight is 355 g/mol. The summed E-state index contributed by atoms with van der Waals surface area (Å²) in [6, 6.07) is 23.4. The van der Waals surface area contributed by atoms with Crippen molar-refractivity contribution in [2.45, 2.75) is 32.6 Å². The molecule has 0 spiro atoms. The maximum absolute atomic E-state index is 5.70. The minimum Gasteiger partial charge on any atom is -0.494 e. The van der Waals surface area contributed by atoms with Crippen LogP contribution in [0.25, 0.3) is 11.1 Å². The number of aryl methyl sites for hydroxylation is 2. The smallest absolute Gasteiger partial charge is 0.119 e. The molecule has 4 rings (SSSR count). The molecule has 3 aromatic carbocycles. The van der Waals surface area contributed by atoms with Crippen molar-refractivity contribution in [1.82, 2.24) is 0 Å². The van der Waals surface area contributed by atoms with Crippen molar-refractivity contribution >= 4 is 11.9 Å². The van der Waals surface area contributed by atoms with Gasteiger partial charge in [-0.15, -0.1) is 0 Å². The van der Waals surface area contributed by atoms with Crippen molar-refractivity contribution in [3.05, 3.63) is 83.4 Å². The van der Waals surface area contributed by atoms with Gasteiger partial charge in [-0.2, -0.15) is 0 Å². The first kappa shape index (κ1) is 17.5. The second-order valence-corrected chi connectivity index (χ2v) is 7.03. The predicted octanol–water partition coefficient (Wildman–Crippen LogP) is 6.38. The van der Waals surface area contributed by atoms with E-state index in [-0.39, 0.29) is 0 Å². The Balaban J connectivity index is 1.47. The third kappa shape index (κ3) is 4.11. The fourth-order valence-electron chi connectivity index (χ4n) is 3.55. The fourth-order valence-corrected chi connectivity index (χ4v) is 3.55. The quantitative estimate of drug-likeness (QED) is 0.371. The SMILES string of the molecule is CCCCOc1ccc(N=Cc2ccc3c(c2)CCc2ccccc2-3)cc1. The molecule has 1 aliphatic carbocycles. The molecular weight excluding hydrogens is 330 g/mol. The van der Waals surface area contributed by atoms with Gasteiger partial charge >= 0.3 is 0 Å². The number of ether oxygens (including phenoxy) is 1. The van der Waals surface area contributed by atoms with Crippen LogP contribution in [0.1, 0.15) is 36.5 Å². The van der Waals surface area contributed by atoms with Crippen molar-refractivity contribution in [2.75, 3.05) is 6.61 Å². The van der Waals surface area contributed by atoms with Gasteiger partial charge in [-0.3, -0.25) is 4.99 Å². The number of fused-ring (bicyclic) bond motifs is 3. The number of nitrogens with zero attached hydrogens (tertiary/aromatic N) is 1. The molecule has 0 radical (unpaired) electrons. The average Bonchev–Trinajstić information content (AvgIpc) is 2.73. The summed E-state index contributed by atoms with van der Waals surface area (Å²) in [5, 5.41) is 0. The summed E-state index contributed by atoms with van der Waals surface area (Å²) in [5.74, 6) is 0.912. The van der Waals surface area contributed by atoms with Gasteiger partial charge in [0.25, 0.3) is 0 Å². The zero-order chi connectivity index (χ0) is 18.5. The molecule has 0 aromatic heterocycles. The van der Waals surface area contributed by atoms with Gasteiger partial charge in [0.05, 0.1) is 12.3 Å². The molecule has 3 aromatic rings. The van der Waals surface area contributed by atoms with Gasteiger partial charge in [0.15, 0.2) is 0 Å². The van der Waals surface area contributed by atoms with Gasteiger partial charge < -0.3 is 4.74 Å². The molecule has 0 fully saturated rings. The molecule has 2 heteroatoms. The Morgan fingerprint density at radius 3 is 2.52 bits per heavy atom. The molecule has 1 aliphatic rings. The van der Waals surface area contributed by atoms with Crippen LogP contribution in [-0.4, -0.2) is 12.8 Å². The molecule has 0 N–H and O–H groups in total. The van der Waals surface area contributed by atoms with Gasteiger partial charge in [0.2, 0.25) is 0 Å². The highest BCUT2D eigenvalue weighted by atomic mass is 16.5. The Kier molecular flexibility index (Phi) is 5.34. The molecule has 0 saturated carbocycles. The van der Waals surface area contributed by atoms with Crippen LogP contribution in [0.3, 0.4) is 0 Å². The van der Waals surface area contributed by atoms with Gasteiger partial charge in [0, 0.05) is 6.21 Å². The van der Waals surface area contributed by atoms with E-state index in [1.807, 2.05) is 30.5 Å². The van der Waals surface area contributed by atoms with Crippen LogP contribution in [0, 0.1) is 0 Å². The summed E-state index contributed by atoms with van der Waals surface area (Å²) < 4.78 is 5.70. The number of unbranched alkanes of at least 4 members (excludes halogenated alkanes) is 1. The summed E-state index contributed by atoms with van der Waals surface area (Å²) in [7, 11) is 0. The zero-order valence-electron chi connectivity index (χ0n) is 15.8. The summed E-state index contributed by atoms with van der Waals surface area (Å²) in [5.41, 5.74) is 7.70. The summed E-state index contributed by atoms with van der Waals surface area (Å²) in [6.07, 6.45) is 6.40. The molecule has 27 heavy (non-hydrogen) atoms. The van der Waals surface area contributed by atoms with E-state index in [1.165, 1.54) is 22.3 Å². The van der Waals surface area contributed by atoms with E-state index in [0.717, 1.165) is 49.3 Å². The molecule has 0 saturated heterocycles. The van der Waals surface area contributed by atoms with Crippen LogP contribution in [-0.2, 0) is 12.8 Å². The van der Waals surface area contributed by atoms with Crippen molar-refractivity contribution in [1.29, 1.82) is 0 Å². The molecule has 0 amide bonds. The van der Waals surface area contributed by atoms with Crippen LogP contribution < -0.4 is 4.74 Å². The van der Waals surface area contributed by atoms with Crippen LogP contribution in [0.4, 0.5) is 5.69 Å². The maximum Gasteiger partial charge on any atom is 0.119 e. The Morgan fingerprint density at radius 2 is 1.67 bits per heavy atom. The van der Waals surface area contributed by atoms with E-state index < -0.39 is 0 Å². The molecule has 0 unspecified atom stereocenters. The molecule has 0 heterocycles. The van der Waals surface area contributed by atoms with Crippen molar-refractivity contribution in [3.63, 3.8) is 0 Å². The van der Waals surface area contributed by atoms with E-state index in [9.17, 15) is 0 Å². The van der Waals surface area contributed by atoms with Crippen LogP contribution in [0.2, 0.25) is 0 Å². The minimum absolute atomic E-state index is 0.775. The Labute approximate surface area is 161 Å². The zero-order valence-corrected chi connectivity index (χ0v) is 15.8. The summed E-state index contributed by atoms with van der Waals surface area (Å²) in [4.78, 5) is 4.63. The Hall–Kier alpha value is -2.87. The molecule has 0 bridgehead atoms. The first-order valence-corrected chi connectivity index (χ1v) is 9.81.